The first-order chi connectivity index (χ1) is 14.0. The van der Waals surface area contributed by atoms with E-state index in [0.717, 1.165) is 48.1 Å². The molecule has 1 aliphatic carbocycles. The van der Waals surface area contributed by atoms with Crippen LogP contribution in [-0.2, 0) is 6.54 Å². The lowest BCUT2D eigenvalue weighted by Gasteiger charge is -2.29. The van der Waals surface area contributed by atoms with Crippen molar-refractivity contribution in [3.05, 3.63) is 34.4 Å². The smallest absolute Gasteiger partial charge is 0.224 e. The van der Waals surface area contributed by atoms with Gasteiger partial charge in [-0.2, -0.15) is 4.98 Å². The minimum Gasteiger partial charge on any atom is -0.504 e. The van der Waals surface area contributed by atoms with Crippen molar-refractivity contribution in [2.75, 3.05) is 38.0 Å². The molecule has 29 heavy (non-hydrogen) atoms. The molecule has 0 aliphatic heterocycles. The minimum atomic E-state index is 0.205. The van der Waals surface area contributed by atoms with Crippen molar-refractivity contribution in [1.82, 2.24) is 15.3 Å². The standard InChI is InChI=1S/C21H30BrN5O2/c1-27(2)19-8-9-24-21(26-19)25-17-6-4-14(5-7-17)12-23-13-15-10-16(22)11-18(29-3)20(15)28/h8-11,14,17,23,28H,4-7,12-13H2,1-3H3,(H,24,25,26)/t14-,17+. The molecular formula is C21H30BrN5O2. The molecule has 0 spiro atoms. The second kappa shape index (κ2) is 10.1. The number of benzene rings is 1. The normalized spacial score (nSPS) is 19.0. The monoisotopic (exact) mass is 463 g/mol. The maximum Gasteiger partial charge on any atom is 0.224 e. The van der Waals surface area contributed by atoms with E-state index < -0.39 is 0 Å². The summed E-state index contributed by atoms with van der Waals surface area (Å²) in [5, 5.41) is 17.2. The Hall–Kier alpha value is -2.06. The summed E-state index contributed by atoms with van der Waals surface area (Å²) >= 11 is 3.46. The fraction of sp³-hybridized carbons (Fsp3) is 0.524. The van der Waals surface area contributed by atoms with Crippen LogP contribution in [0.4, 0.5) is 11.8 Å². The van der Waals surface area contributed by atoms with Gasteiger partial charge in [-0.05, 0) is 56.3 Å². The highest BCUT2D eigenvalue weighted by Crippen LogP contribution is 2.33. The summed E-state index contributed by atoms with van der Waals surface area (Å²) in [5.74, 6) is 2.95. The summed E-state index contributed by atoms with van der Waals surface area (Å²) in [7, 11) is 5.52. The number of hydrogen-bond donors (Lipinski definition) is 3. The fourth-order valence-corrected chi connectivity index (χ4v) is 4.18. The van der Waals surface area contributed by atoms with Crippen molar-refractivity contribution in [1.29, 1.82) is 0 Å². The fourth-order valence-electron chi connectivity index (χ4n) is 3.69. The molecule has 0 atom stereocenters. The number of halogens is 1. The third-order valence-electron chi connectivity index (χ3n) is 5.37. The van der Waals surface area contributed by atoms with Crippen LogP contribution in [0.2, 0.25) is 0 Å². The quantitative estimate of drug-likeness (QED) is 0.549. The maximum atomic E-state index is 10.3. The third kappa shape index (κ3) is 5.96. The molecule has 8 heteroatoms. The van der Waals surface area contributed by atoms with Gasteiger partial charge in [-0.25, -0.2) is 4.98 Å². The van der Waals surface area contributed by atoms with Crippen LogP contribution in [0.15, 0.2) is 28.9 Å². The molecule has 0 amide bonds. The Morgan fingerprint density at radius 2 is 2.00 bits per heavy atom. The molecule has 0 bridgehead atoms. The lowest BCUT2D eigenvalue weighted by Crippen LogP contribution is -2.31. The van der Waals surface area contributed by atoms with Crippen LogP contribution in [0.1, 0.15) is 31.2 Å². The maximum absolute atomic E-state index is 10.3. The summed E-state index contributed by atoms with van der Waals surface area (Å²) in [5.41, 5.74) is 0.838. The number of ether oxygens (including phenoxy) is 1. The molecule has 3 rings (SSSR count). The molecule has 1 fully saturated rings. The zero-order valence-electron chi connectivity index (χ0n) is 17.3. The number of aromatic hydroxyl groups is 1. The number of methoxy groups -OCH3 is 1. The Bertz CT molecular complexity index is 810. The topological polar surface area (TPSA) is 82.5 Å². The number of aromatic nitrogens is 2. The molecular weight excluding hydrogens is 434 g/mol. The molecule has 0 saturated heterocycles. The van der Waals surface area contributed by atoms with Crippen molar-refractivity contribution in [2.24, 2.45) is 5.92 Å². The highest BCUT2D eigenvalue weighted by molar-refractivity contribution is 9.10. The van der Waals surface area contributed by atoms with Crippen LogP contribution < -0.4 is 20.3 Å². The first-order valence-electron chi connectivity index (χ1n) is 9.99. The first kappa shape index (κ1) is 21.6. The van der Waals surface area contributed by atoms with Crippen LogP contribution in [0, 0.1) is 5.92 Å². The van der Waals surface area contributed by atoms with Gasteiger partial charge >= 0.3 is 0 Å². The van der Waals surface area contributed by atoms with E-state index in [1.165, 1.54) is 0 Å². The minimum absolute atomic E-state index is 0.205. The van der Waals surface area contributed by atoms with Crippen LogP contribution in [-0.4, -0.2) is 48.9 Å². The predicted molar refractivity (Wildman–Crippen MR) is 120 cm³/mol. The zero-order chi connectivity index (χ0) is 20.8. The molecule has 3 N–H and O–H groups in total. The van der Waals surface area contributed by atoms with Gasteiger partial charge in [0.15, 0.2) is 11.5 Å². The van der Waals surface area contributed by atoms with Gasteiger partial charge in [-0.15, -0.1) is 0 Å². The lowest BCUT2D eigenvalue weighted by molar-refractivity contribution is 0.322. The lowest BCUT2D eigenvalue weighted by atomic mass is 9.86. The molecule has 158 valence electrons. The molecule has 1 saturated carbocycles. The molecule has 7 nitrogen and oxygen atoms in total. The number of phenolic OH excluding ortho intramolecular Hbond substituents is 1. The van der Waals surface area contributed by atoms with E-state index in [1.54, 1.807) is 19.4 Å². The first-order valence-corrected chi connectivity index (χ1v) is 10.8. The van der Waals surface area contributed by atoms with Crippen molar-refractivity contribution >= 4 is 27.7 Å². The van der Waals surface area contributed by atoms with E-state index in [1.807, 2.05) is 31.1 Å². The van der Waals surface area contributed by atoms with Gasteiger partial charge in [0, 0.05) is 42.9 Å². The zero-order valence-corrected chi connectivity index (χ0v) is 18.9. The Kier molecular flexibility index (Phi) is 7.55. The molecule has 1 aliphatic rings. The van der Waals surface area contributed by atoms with Crippen LogP contribution in [0.5, 0.6) is 11.5 Å². The summed E-state index contributed by atoms with van der Waals surface area (Å²) in [4.78, 5) is 10.9. The van der Waals surface area contributed by atoms with Gasteiger partial charge in [-0.1, -0.05) is 15.9 Å². The van der Waals surface area contributed by atoms with Crippen molar-refractivity contribution < 1.29 is 9.84 Å². The van der Waals surface area contributed by atoms with Crippen LogP contribution >= 0.6 is 15.9 Å². The van der Waals surface area contributed by atoms with Gasteiger partial charge in [0.05, 0.1) is 7.11 Å². The summed E-state index contributed by atoms with van der Waals surface area (Å²) < 4.78 is 6.12. The number of nitrogens with one attached hydrogen (secondary N) is 2. The Labute approximate surface area is 181 Å². The molecule has 0 radical (unpaired) electrons. The van der Waals surface area contributed by atoms with Crippen molar-refractivity contribution in [3.8, 4) is 11.5 Å². The SMILES string of the molecule is COc1cc(Br)cc(CNC[C@H]2CC[C@@H](Nc3nccc(N(C)C)n3)CC2)c1O. The van der Waals surface area contributed by atoms with Gasteiger partial charge in [0.2, 0.25) is 5.95 Å². The molecule has 2 aromatic rings. The van der Waals surface area contributed by atoms with E-state index in [4.69, 9.17) is 4.74 Å². The number of nitrogens with zero attached hydrogens (tertiary/aromatic N) is 3. The number of hydrogen-bond acceptors (Lipinski definition) is 7. The largest absolute Gasteiger partial charge is 0.504 e. The summed E-state index contributed by atoms with van der Waals surface area (Å²) in [6.07, 6.45) is 6.33. The Morgan fingerprint density at radius 3 is 2.69 bits per heavy atom. The van der Waals surface area contributed by atoms with Crippen molar-refractivity contribution in [2.45, 2.75) is 38.3 Å². The average molecular weight is 464 g/mol. The highest BCUT2D eigenvalue weighted by Gasteiger charge is 2.22. The Morgan fingerprint density at radius 1 is 1.24 bits per heavy atom. The summed E-state index contributed by atoms with van der Waals surface area (Å²) in [6.45, 7) is 1.55. The van der Waals surface area contributed by atoms with Gasteiger partial charge in [0.1, 0.15) is 5.82 Å². The van der Waals surface area contributed by atoms with E-state index in [0.29, 0.717) is 30.2 Å². The number of anilines is 2. The van der Waals surface area contributed by atoms with Crippen LogP contribution in [0.25, 0.3) is 0 Å². The average Bonchev–Trinajstić information content (AvgIpc) is 2.71. The molecule has 1 heterocycles. The summed E-state index contributed by atoms with van der Waals surface area (Å²) in [6, 6.07) is 6.02. The van der Waals surface area contributed by atoms with E-state index in [9.17, 15) is 5.11 Å². The second-order valence-corrected chi connectivity index (χ2v) is 8.66. The number of rotatable bonds is 8. The number of phenols is 1. The van der Waals surface area contributed by atoms with Crippen molar-refractivity contribution in [3.63, 3.8) is 0 Å². The third-order valence-corrected chi connectivity index (χ3v) is 5.82. The van der Waals surface area contributed by atoms with E-state index in [-0.39, 0.29) is 5.75 Å². The van der Waals surface area contributed by atoms with Gasteiger partial charge < -0.3 is 25.4 Å². The second-order valence-electron chi connectivity index (χ2n) is 7.74. The predicted octanol–water partition coefficient (Wildman–Crippen LogP) is 3.78. The Balaban J connectivity index is 1.44. The van der Waals surface area contributed by atoms with E-state index >= 15 is 0 Å². The van der Waals surface area contributed by atoms with Gasteiger partial charge in [0.25, 0.3) is 0 Å². The molecule has 0 unspecified atom stereocenters. The van der Waals surface area contributed by atoms with Gasteiger partial charge in [-0.3, -0.25) is 0 Å². The van der Waals surface area contributed by atoms with Crippen LogP contribution in [0.3, 0.4) is 0 Å². The highest BCUT2D eigenvalue weighted by atomic mass is 79.9. The molecule has 1 aromatic heterocycles. The van der Waals surface area contributed by atoms with E-state index in [2.05, 4.69) is 36.5 Å². The molecule has 1 aromatic carbocycles.